The van der Waals surface area contributed by atoms with Crippen molar-refractivity contribution in [1.82, 2.24) is 5.32 Å². The van der Waals surface area contributed by atoms with Crippen LogP contribution in [0.25, 0.3) is 11.0 Å². The molecule has 0 saturated heterocycles. The van der Waals surface area contributed by atoms with Gasteiger partial charge in [-0.2, -0.15) is 0 Å². The van der Waals surface area contributed by atoms with Gasteiger partial charge in [-0.1, -0.05) is 0 Å². The van der Waals surface area contributed by atoms with Gasteiger partial charge in [-0.15, -0.1) is 0 Å². The number of hydrogen-bond acceptors (Lipinski definition) is 12. The molecule has 4 heterocycles. The van der Waals surface area contributed by atoms with E-state index in [4.69, 9.17) is 18.9 Å². The van der Waals surface area contributed by atoms with Crippen molar-refractivity contribution in [2.75, 3.05) is 39.9 Å². The number of aliphatic hydroxyl groups is 5. The number of hydrogen-bond donors (Lipinski definition) is 7. The highest BCUT2D eigenvalue weighted by Crippen LogP contribution is 2.39. The predicted molar refractivity (Wildman–Crippen MR) is 155 cm³/mol. The molecule has 234 valence electrons. The first-order valence-corrected chi connectivity index (χ1v) is 14.4. The van der Waals surface area contributed by atoms with E-state index >= 15 is 0 Å². The van der Waals surface area contributed by atoms with Crippen molar-refractivity contribution in [3.63, 3.8) is 0 Å². The summed E-state index contributed by atoms with van der Waals surface area (Å²) >= 11 is 0. The van der Waals surface area contributed by atoms with E-state index in [1.165, 1.54) is 6.07 Å². The van der Waals surface area contributed by atoms with Gasteiger partial charge in [0.1, 0.15) is 72.5 Å². The minimum atomic E-state index is -2.29. The molecule has 5 rings (SSSR count). The second-order valence-electron chi connectivity index (χ2n) is 11.7. The van der Waals surface area contributed by atoms with Gasteiger partial charge in [0.05, 0.1) is 12.0 Å². The van der Waals surface area contributed by atoms with Gasteiger partial charge in [0.2, 0.25) is 0 Å². The summed E-state index contributed by atoms with van der Waals surface area (Å²) in [4.78, 5) is 28.9. The molecule has 2 aromatic rings. The summed E-state index contributed by atoms with van der Waals surface area (Å²) in [6.45, 7) is 3.01. The lowest BCUT2D eigenvalue weighted by molar-refractivity contribution is -0.856. The van der Waals surface area contributed by atoms with Crippen molar-refractivity contribution in [2.24, 2.45) is 4.99 Å². The van der Waals surface area contributed by atoms with Crippen LogP contribution in [0, 0.1) is 6.92 Å². The first-order valence-electron chi connectivity index (χ1n) is 14.4. The number of nitrogens with zero attached hydrogens (tertiary/aromatic N) is 1. The molecule has 13 nitrogen and oxygen atoms in total. The normalized spacial score (nSPS) is 26.2. The zero-order valence-corrected chi connectivity index (χ0v) is 24.4. The van der Waals surface area contributed by atoms with Crippen LogP contribution in [0.15, 0.2) is 55.9 Å². The Morgan fingerprint density at radius 3 is 2.81 bits per heavy atom. The van der Waals surface area contributed by atoms with E-state index in [2.05, 4.69) is 10.3 Å². The Bertz CT molecular complexity index is 1490. The van der Waals surface area contributed by atoms with Crippen LogP contribution in [0.1, 0.15) is 24.7 Å². The molecule has 0 amide bonds. The van der Waals surface area contributed by atoms with E-state index in [0.29, 0.717) is 58.9 Å². The van der Waals surface area contributed by atoms with Crippen LogP contribution < -0.4 is 20.4 Å². The minimum Gasteiger partial charge on any atom is -0.484 e. The highest BCUT2D eigenvalue weighted by atomic mass is 17.2. The molecule has 3 aliphatic heterocycles. The number of ether oxygens (including phenoxy) is 1. The van der Waals surface area contributed by atoms with Crippen LogP contribution in [-0.2, 0) is 16.2 Å². The smallest absolute Gasteiger partial charge is 0.192 e. The van der Waals surface area contributed by atoms with Gasteiger partial charge >= 0.3 is 0 Å². The average molecular weight is 603 g/mol. The Labute approximate surface area is 248 Å². The molecule has 1 aromatic carbocycles. The zero-order valence-electron chi connectivity index (χ0n) is 24.4. The van der Waals surface area contributed by atoms with E-state index in [0.717, 1.165) is 11.4 Å². The maximum absolute atomic E-state index is 12.6. The van der Waals surface area contributed by atoms with Gasteiger partial charge in [-0.3, -0.25) is 14.7 Å². The van der Waals surface area contributed by atoms with E-state index in [9.17, 15) is 30.3 Å². The third-order valence-corrected chi connectivity index (χ3v) is 8.54. The Hall–Kier alpha value is -2.98. The van der Waals surface area contributed by atoms with Crippen LogP contribution in [0.3, 0.4) is 0 Å². The maximum atomic E-state index is 12.6. The van der Waals surface area contributed by atoms with Gasteiger partial charge in [0.15, 0.2) is 16.7 Å². The summed E-state index contributed by atoms with van der Waals surface area (Å²) in [5.74, 6) is 1.05. The summed E-state index contributed by atoms with van der Waals surface area (Å²) in [6.07, 6.45) is 0.0742. The number of aliphatic hydroxyl groups excluding tert-OH is 4. The lowest BCUT2D eigenvalue weighted by Gasteiger charge is -2.42. The third kappa shape index (κ3) is 6.18. The molecule has 7 atom stereocenters. The standard InChI is InChI=1S/C30H39N3O10/c1-17-10-22(35)19-11-18-12-27(29(2,6-8-31-3)42-24(18)13-25(19)41-17)43-40-15-26(37)30(39,28(38)23(36)14-34)16-33-9-5-20-21(33)4-7-32-20/h4-5,7,10-11,13,23,26-28,31,34,36-39H,6,8-9,12,14-16H2,1-3H3/p+1. The second kappa shape index (κ2) is 12.6. The summed E-state index contributed by atoms with van der Waals surface area (Å²) in [5, 5.41) is 56.7. The van der Waals surface area contributed by atoms with Crippen LogP contribution >= 0.6 is 0 Å². The molecule has 3 aliphatic rings. The highest BCUT2D eigenvalue weighted by molar-refractivity contribution is 5.80. The topological polar surface area (TPSA) is 188 Å². The molecular weight excluding hydrogens is 562 g/mol. The van der Waals surface area contributed by atoms with Crippen molar-refractivity contribution in [1.29, 1.82) is 0 Å². The van der Waals surface area contributed by atoms with Crippen molar-refractivity contribution < 1.29 is 49.4 Å². The molecule has 0 bridgehead atoms. The van der Waals surface area contributed by atoms with Crippen LogP contribution in [0.5, 0.6) is 5.75 Å². The lowest BCUT2D eigenvalue weighted by atomic mass is 9.86. The van der Waals surface area contributed by atoms with Crippen molar-refractivity contribution in [2.45, 2.75) is 62.3 Å². The van der Waals surface area contributed by atoms with E-state index in [1.807, 2.05) is 20.0 Å². The molecular formula is C30H40N3O10+. The number of benzene rings is 1. The molecule has 0 fully saturated rings. The maximum Gasteiger partial charge on any atom is 0.192 e. The van der Waals surface area contributed by atoms with Gasteiger partial charge in [-0.25, -0.2) is 9.78 Å². The van der Waals surface area contributed by atoms with Gasteiger partial charge in [0.25, 0.3) is 0 Å². The fourth-order valence-corrected chi connectivity index (χ4v) is 5.89. The van der Waals surface area contributed by atoms with Crippen molar-refractivity contribution >= 4 is 17.2 Å². The Morgan fingerprint density at radius 2 is 2.07 bits per heavy atom. The fourth-order valence-electron chi connectivity index (χ4n) is 5.89. The molecule has 7 unspecified atom stereocenters. The molecule has 7 N–H and O–H groups in total. The second-order valence-corrected chi connectivity index (χ2v) is 11.7. The van der Waals surface area contributed by atoms with E-state index in [-0.39, 0.29) is 12.0 Å². The van der Waals surface area contributed by atoms with Crippen LogP contribution in [0.2, 0.25) is 0 Å². The summed E-state index contributed by atoms with van der Waals surface area (Å²) in [6, 6.07) is 4.85. The molecule has 0 radical (unpaired) electrons. The monoisotopic (exact) mass is 602 g/mol. The fraction of sp³-hybridized carbons (Fsp3) is 0.533. The van der Waals surface area contributed by atoms with Gasteiger partial charge in [0, 0.05) is 43.3 Å². The largest absolute Gasteiger partial charge is 0.484 e. The first-order chi connectivity index (χ1) is 20.5. The minimum absolute atomic E-state index is 0.174. The van der Waals surface area contributed by atoms with Crippen molar-refractivity contribution in [3.05, 3.63) is 63.3 Å². The average Bonchev–Trinajstić information content (AvgIpc) is 3.60. The zero-order chi connectivity index (χ0) is 30.9. The Kier molecular flexibility index (Phi) is 9.18. The van der Waals surface area contributed by atoms with Crippen molar-refractivity contribution in [3.8, 4) is 5.75 Å². The van der Waals surface area contributed by atoms with Gasteiger partial charge < -0.3 is 40.0 Å². The number of aryl methyl sites for hydroxylation is 1. The molecule has 43 heavy (non-hydrogen) atoms. The summed E-state index contributed by atoms with van der Waals surface area (Å²) in [5.41, 5.74) is -0.699. The van der Waals surface area contributed by atoms with Gasteiger partial charge in [-0.05, 0) is 39.1 Å². The quantitative estimate of drug-likeness (QED) is 0.102. The van der Waals surface area contributed by atoms with E-state index < -0.39 is 48.8 Å². The number of rotatable bonds is 13. The first kappa shape index (κ1) is 31.4. The Balaban J connectivity index is 1.33. The van der Waals surface area contributed by atoms with Crippen LogP contribution in [0.4, 0.5) is 0 Å². The molecule has 1 aromatic heterocycles. The number of fused-ring (bicyclic) bond motifs is 3. The number of allylic oxidation sites excluding steroid dienone is 1. The molecule has 13 heteroatoms. The highest BCUT2D eigenvalue weighted by Gasteiger charge is 2.51. The summed E-state index contributed by atoms with van der Waals surface area (Å²) < 4.78 is 12.2. The third-order valence-electron chi connectivity index (χ3n) is 8.54. The number of nitrogens with one attached hydrogen (secondary N) is 2. The Morgan fingerprint density at radius 1 is 1.28 bits per heavy atom. The number of quaternary nitrogens is 1. The summed E-state index contributed by atoms with van der Waals surface area (Å²) in [7, 11) is 1.81. The molecule has 0 spiro atoms. The lowest BCUT2D eigenvalue weighted by Crippen LogP contribution is -3.11. The molecule has 0 saturated carbocycles. The van der Waals surface area contributed by atoms with E-state index in [1.54, 1.807) is 31.3 Å². The molecule has 0 aliphatic carbocycles. The predicted octanol–water partition coefficient (Wildman–Crippen LogP) is -1.72. The number of aliphatic imine (C=N–C) groups is 1. The SMILES string of the molecule is CNCCC1(C)Oc2cc3oc(C)cc(=O)c3cc2CC1OOCC(O)C(O)(C[NH+]1CC=C2N=CC=C21)C(O)C(O)CO. The van der Waals surface area contributed by atoms with Crippen LogP contribution in [-0.4, -0.2) is 107 Å².